The van der Waals surface area contributed by atoms with Gasteiger partial charge in [0, 0.05) is 34.8 Å². The van der Waals surface area contributed by atoms with Crippen molar-refractivity contribution in [3.63, 3.8) is 0 Å². The van der Waals surface area contributed by atoms with E-state index in [-0.39, 0.29) is 18.2 Å². The molecule has 5 rings (SSSR count). The van der Waals surface area contributed by atoms with Crippen LogP contribution in [0.1, 0.15) is 12.0 Å². The fraction of sp³-hybridized carbons (Fsp3) is 0.0800. The molecule has 2 heterocycles. The molecule has 3 aromatic carbocycles. The van der Waals surface area contributed by atoms with Crippen molar-refractivity contribution in [2.45, 2.75) is 16.6 Å². The molecule has 1 atom stereocenters. The average Bonchev–Trinajstić information content (AvgIpc) is 3.39. The Morgan fingerprint density at radius 2 is 1.85 bits per heavy atom. The molecule has 2 amide bonds. The molecular weight excluding hydrogens is 477 g/mol. The predicted molar refractivity (Wildman–Crippen MR) is 135 cm³/mol. The number of anilines is 1. The maximum Gasteiger partial charge on any atom is 0.247 e. The molecule has 8 heteroatoms. The van der Waals surface area contributed by atoms with Crippen LogP contribution in [-0.4, -0.2) is 28.3 Å². The number of carbonyl (C=O) groups is 2. The summed E-state index contributed by atoms with van der Waals surface area (Å²) in [6.07, 6.45) is 3.66. The number of carbonyl (C=O) groups excluding carboxylic acids is 2. The average molecular weight is 494 g/mol. The third-order valence-electron chi connectivity index (χ3n) is 5.35. The highest BCUT2D eigenvalue weighted by Gasteiger charge is 2.40. The smallest absolute Gasteiger partial charge is 0.247 e. The number of nitrogens with one attached hydrogen (secondary N) is 1. The van der Waals surface area contributed by atoms with E-state index in [1.165, 1.54) is 16.7 Å². The van der Waals surface area contributed by atoms with E-state index >= 15 is 0 Å². The van der Waals surface area contributed by atoms with Gasteiger partial charge in [-0.1, -0.05) is 41.4 Å². The maximum atomic E-state index is 13.0. The lowest BCUT2D eigenvalue weighted by Gasteiger charge is -2.15. The van der Waals surface area contributed by atoms with E-state index in [2.05, 4.69) is 9.98 Å². The van der Waals surface area contributed by atoms with Crippen LogP contribution in [0.3, 0.4) is 0 Å². The number of aromatic nitrogens is 1. The summed E-state index contributed by atoms with van der Waals surface area (Å²) in [5.74, 6) is -0.392. The van der Waals surface area contributed by atoms with Gasteiger partial charge in [0.1, 0.15) is 0 Å². The molecule has 1 aliphatic heterocycles. The van der Waals surface area contributed by atoms with Crippen molar-refractivity contribution in [3.8, 4) is 0 Å². The second-order valence-electron chi connectivity index (χ2n) is 7.52. The molecule has 0 spiro atoms. The molecule has 1 fully saturated rings. The number of rotatable bonds is 5. The van der Waals surface area contributed by atoms with Crippen LogP contribution < -0.4 is 4.90 Å². The Hall–Kier alpha value is -3.06. The summed E-state index contributed by atoms with van der Waals surface area (Å²) in [4.78, 5) is 35.4. The molecule has 164 valence electrons. The summed E-state index contributed by atoms with van der Waals surface area (Å²) in [5, 5.41) is 1.50. The van der Waals surface area contributed by atoms with E-state index < -0.39 is 5.25 Å². The molecule has 5 nitrogen and oxygen atoms in total. The number of H-pyrrole nitrogens is 1. The molecule has 0 bridgehead atoms. The minimum absolute atomic E-state index is 0.166. The van der Waals surface area contributed by atoms with Crippen molar-refractivity contribution in [3.05, 3.63) is 88.5 Å². The Balaban J connectivity index is 1.28. The lowest BCUT2D eigenvalue weighted by molar-refractivity contribution is -0.121. The topological polar surface area (TPSA) is 65.5 Å². The maximum absolute atomic E-state index is 13.0. The highest BCUT2D eigenvalue weighted by Crippen LogP contribution is 2.35. The van der Waals surface area contributed by atoms with Crippen LogP contribution in [0.15, 0.2) is 82.8 Å². The van der Waals surface area contributed by atoms with Crippen molar-refractivity contribution < 1.29 is 9.59 Å². The van der Waals surface area contributed by atoms with Crippen LogP contribution in [0.2, 0.25) is 10.0 Å². The zero-order valence-corrected chi connectivity index (χ0v) is 19.5. The standard InChI is InChI=1S/C25H17Cl2N3O2S/c26-20-3-1-2-16(24(20)27)14-29-17-5-8-19(9-6-17)33-22-13-23(31)30(25(22)32)18-7-4-15-10-11-28-21(15)12-18/h1-12,14,22,28H,13H2. The molecule has 0 saturated carbocycles. The molecular formula is C25H17Cl2N3O2S. The van der Waals surface area contributed by atoms with Gasteiger partial charge >= 0.3 is 0 Å². The van der Waals surface area contributed by atoms with E-state index in [0.29, 0.717) is 15.7 Å². The number of nitrogens with zero attached hydrogens (tertiary/aromatic N) is 2. The van der Waals surface area contributed by atoms with E-state index in [0.717, 1.165) is 27.0 Å². The molecule has 1 aliphatic rings. The number of halogens is 2. The first-order valence-electron chi connectivity index (χ1n) is 10.2. The molecule has 0 radical (unpaired) electrons. The second kappa shape index (κ2) is 9.06. The predicted octanol–water partition coefficient (Wildman–Crippen LogP) is 6.65. The van der Waals surface area contributed by atoms with Crippen molar-refractivity contribution >= 4 is 75.3 Å². The number of hydrogen-bond acceptors (Lipinski definition) is 4. The summed E-state index contributed by atoms with van der Waals surface area (Å²) >= 11 is 13.6. The van der Waals surface area contributed by atoms with Gasteiger partial charge in [-0.15, -0.1) is 11.8 Å². The van der Waals surface area contributed by atoms with Crippen molar-refractivity contribution in [2.75, 3.05) is 4.90 Å². The number of aromatic amines is 1. The monoisotopic (exact) mass is 493 g/mol. The first-order valence-corrected chi connectivity index (χ1v) is 11.8. The third-order valence-corrected chi connectivity index (χ3v) is 7.38. The number of thioether (sulfide) groups is 1. The van der Waals surface area contributed by atoms with Gasteiger partial charge in [0.15, 0.2) is 0 Å². The summed E-state index contributed by atoms with van der Waals surface area (Å²) in [5.41, 5.74) is 2.95. The minimum atomic E-state index is -0.462. The zero-order valence-electron chi connectivity index (χ0n) is 17.2. The lowest BCUT2D eigenvalue weighted by Crippen LogP contribution is -2.31. The van der Waals surface area contributed by atoms with E-state index in [1.807, 2.05) is 60.8 Å². The third kappa shape index (κ3) is 4.42. The van der Waals surface area contributed by atoms with Gasteiger partial charge < -0.3 is 4.98 Å². The number of hydrogen-bond donors (Lipinski definition) is 1. The van der Waals surface area contributed by atoms with Gasteiger partial charge in [-0.25, -0.2) is 4.90 Å². The normalized spacial score (nSPS) is 16.4. The molecule has 1 saturated heterocycles. The van der Waals surface area contributed by atoms with E-state index in [4.69, 9.17) is 23.2 Å². The molecule has 1 aromatic heterocycles. The van der Waals surface area contributed by atoms with Crippen molar-refractivity contribution in [2.24, 2.45) is 4.99 Å². The van der Waals surface area contributed by atoms with Gasteiger partial charge in [0.25, 0.3) is 0 Å². The number of aliphatic imine (C=N–C) groups is 1. The number of fused-ring (bicyclic) bond motifs is 1. The Morgan fingerprint density at radius 3 is 2.67 bits per heavy atom. The van der Waals surface area contributed by atoms with Crippen molar-refractivity contribution in [1.82, 2.24) is 4.98 Å². The molecule has 1 N–H and O–H groups in total. The summed E-state index contributed by atoms with van der Waals surface area (Å²) in [6.45, 7) is 0. The first-order chi connectivity index (χ1) is 16.0. The fourth-order valence-electron chi connectivity index (χ4n) is 3.68. The highest BCUT2D eigenvalue weighted by atomic mass is 35.5. The molecule has 33 heavy (non-hydrogen) atoms. The second-order valence-corrected chi connectivity index (χ2v) is 9.58. The number of benzene rings is 3. The molecule has 4 aromatic rings. The van der Waals surface area contributed by atoms with Crippen LogP contribution in [0.4, 0.5) is 11.4 Å². The van der Waals surface area contributed by atoms with Crippen LogP contribution in [0.25, 0.3) is 10.9 Å². The Kier molecular flexibility index (Phi) is 5.98. The summed E-state index contributed by atoms with van der Waals surface area (Å²) in [6, 6.07) is 20.4. The summed E-state index contributed by atoms with van der Waals surface area (Å²) in [7, 11) is 0. The SMILES string of the molecule is O=C1CC(Sc2ccc(N=Cc3cccc(Cl)c3Cl)cc2)C(=O)N1c1ccc2cc[nH]c2c1. The van der Waals surface area contributed by atoms with Crippen LogP contribution in [0.5, 0.6) is 0 Å². The van der Waals surface area contributed by atoms with Crippen molar-refractivity contribution in [1.29, 1.82) is 0 Å². The number of amides is 2. The minimum Gasteiger partial charge on any atom is -0.361 e. The Bertz CT molecular complexity index is 1400. The zero-order chi connectivity index (χ0) is 22.9. The van der Waals surface area contributed by atoms with Crippen LogP contribution in [0, 0.1) is 0 Å². The quantitative estimate of drug-likeness (QED) is 0.250. The molecule has 0 aliphatic carbocycles. The number of imide groups is 1. The van der Waals surface area contributed by atoms with E-state index in [9.17, 15) is 9.59 Å². The van der Waals surface area contributed by atoms with Gasteiger partial charge in [-0.05, 0) is 53.9 Å². The molecule has 1 unspecified atom stereocenters. The van der Waals surface area contributed by atoms with Gasteiger partial charge in [-0.2, -0.15) is 0 Å². The van der Waals surface area contributed by atoms with Crippen LogP contribution in [-0.2, 0) is 9.59 Å². The Labute approximate surface area is 204 Å². The highest BCUT2D eigenvalue weighted by molar-refractivity contribution is 8.00. The van der Waals surface area contributed by atoms with E-state index in [1.54, 1.807) is 18.3 Å². The summed E-state index contributed by atoms with van der Waals surface area (Å²) < 4.78 is 0. The van der Waals surface area contributed by atoms with Crippen LogP contribution >= 0.6 is 35.0 Å². The lowest BCUT2D eigenvalue weighted by atomic mass is 10.2. The van der Waals surface area contributed by atoms with Gasteiger partial charge in [0.05, 0.1) is 26.7 Å². The van der Waals surface area contributed by atoms with Gasteiger partial charge in [0.2, 0.25) is 11.8 Å². The Morgan fingerprint density at radius 1 is 1.03 bits per heavy atom. The fourth-order valence-corrected chi connectivity index (χ4v) is 5.09. The first kappa shape index (κ1) is 21.8. The largest absolute Gasteiger partial charge is 0.361 e. The van der Waals surface area contributed by atoms with Gasteiger partial charge in [-0.3, -0.25) is 14.6 Å².